The number of rotatable bonds is 1. The highest BCUT2D eigenvalue weighted by Crippen LogP contribution is 2.23. The normalized spacial score (nSPS) is 15.2. The quantitative estimate of drug-likeness (QED) is 0.769. The van der Waals surface area contributed by atoms with E-state index in [-0.39, 0.29) is 4.47 Å². The van der Waals surface area contributed by atoms with Gasteiger partial charge in [0.15, 0.2) is 11.6 Å². The van der Waals surface area contributed by atoms with Crippen molar-refractivity contribution in [1.82, 2.24) is 5.32 Å². The van der Waals surface area contributed by atoms with Gasteiger partial charge in [0.25, 0.3) is 0 Å². The Morgan fingerprint density at radius 3 is 2.79 bits per heavy atom. The second-order valence-electron chi connectivity index (χ2n) is 2.88. The molecule has 2 nitrogen and oxygen atoms in total. The van der Waals surface area contributed by atoms with Crippen molar-refractivity contribution in [1.29, 1.82) is 0 Å². The summed E-state index contributed by atoms with van der Waals surface area (Å²) in [6.07, 6.45) is 0. The predicted molar refractivity (Wildman–Crippen MR) is 53.5 cm³/mol. The Morgan fingerprint density at radius 2 is 2.14 bits per heavy atom. The second kappa shape index (κ2) is 3.65. The summed E-state index contributed by atoms with van der Waals surface area (Å²) < 4.78 is 26.0. The van der Waals surface area contributed by atoms with Crippen LogP contribution in [-0.4, -0.2) is 18.9 Å². The molecule has 1 aromatic rings. The van der Waals surface area contributed by atoms with Crippen molar-refractivity contribution < 1.29 is 8.78 Å². The van der Waals surface area contributed by atoms with Crippen molar-refractivity contribution in [2.45, 2.75) is 0 Å². The van der Waals surface area contributed by atoms with Crippen LogP contribution in [0.2, 0.25) is 0 Å². The number of benzene rings is 1. The summed E-state index contributed by atoms with van der Waals surface area (Å²) in [6.45, 7) is 1.40. The molecule has 1 aliphatic rings. The van der Waals surface area contributed by atoms with E-state index in [0.29, 0.717) is 17.9 Å². The van der Waals surface area contributed by atoms with Gasteiger partial charge >= 0.3 is 0 Å². The number of amidine groups is 1. The van der Waals surface area contributed by atoms with E-state index in [4.69, 9.17) is 0 Å². The second-order valence-corrected chi connectivity index (χ2v) is 3.67. The molecule has 0 fully saturated rings. The van der Waals surface area contributed by atoms with Crippen LogP contribution in [0.5, 0.6) is 0 Å². The summed E-state index contributed by atoms with van der Waals surface area (Å²) in [4.78, 5) is 4.12. The maximum atomic E-state index is 13.1. The Hall–Kier alpha value is -0.970. The first-order chi connectivity index (χ1) is 6.70. The Morgan fingerprint density at radius 1 is 1.36 bits per heavy atom. The van der Waals surface area contributed by atoms with E-state index >= 15 is 0 Å². The summed E-state index contributed by atoms with van der Waals surface area (Å²) in [5.74, 6) is -1.13. The van der Waals surface area contributed by atoms with Crippen LogP contribution in [0.4, 0.5) is 8.78 Å². The fourth-order valence-corrected chi connectivity index (χ4v) is 1.80. The molecule has 1 heterocycles. The van der Waals surface area contributed by atoms with E-state index in [1.165, 1.54) is 6.07 Å². The SMILES string of the molecule is Fc1ccc(C2=NCCN2)c(Br)c1F. The highest BCUT2D eigenvalue weighted by molar-refractivity contribution is 9.10. The Kier molecular flexibility index (Phi) is 2.50. The van der Waals surface area contributed by atoms with E-state index in [1.54, 1.807) is 0 Å². The van der Waals surface area contributed by atoms with E-state index in [0.717, 1.165) is 12.6 Å². The zero-order chi connectivity index (χ0) is 10.1. The van der Waals surface area contributed by atoms with E-state index in [2.05, 4.69) is 26.2 Å². The molecule has 0 saturated carbocycles. The fourth-order valence-electron chi connectivity index (χ4n) is 1.29. The molecule has 0 amide bonds. The maximum absolute atomic E-state index is 13.1. The molecule has 0 spiro atoms. The number of aliphatic imine (C=N–C) groups is 1. The van der Waals surface area contributed by atoms with Gasteiger partial charge in [0.2, 0.25) is 0 Å². The van der Waals surface area contributed by atoms with Gasteiger partial charge in [0.1, 0.15) is 5.84 Å². The summed E-state index contributed by atoms with van der Waals surface area (Å²) in [5.41, 5.74) is 0.557. The van der Waals surface area contributed by atoms with Gasteiger partial charge in [-0.2, -0.15) is 0 Å². The number of halogens is 3. The third kappa shape index (κ3) is 1.52. The van der Waals surface area contributed by atoms with E-state index < -0.39 is 11.6 Å². The highest BCUT2D eigenvalue weighted by atomic mass is 79.9. The third-order valence-corrected chi connectivity index (χ3v) is 2.74. The molecule has 0 radical (unpaired) electrons. The van der Waals surface area contributed by atoms with Crippen molar-refractivity contribution in [2.75, 3.05) is 13.1 Å². The molecule has 74 valence electrons. The van der Waals surface area contributed by atoms with Crippen LogP contribution in [-0.2, 0) is 0 Å². The molecule has 5 heteroatoms. The molecule has 14 heavy (non-hydrogen) atoms. The van der Waals surface area contributed by atoms with Gasteiger partial charge in [-0.05, 0) is 28.1 Å². The zero-order valence-corrected chi connectivity index (χ0v) is 8.74. The van der Waals surface area contributed by atoms with Crippen LogP contribution in [0.3, 0.4) is 0 Å². The lowest BCUT2D eigenvalue weighted by Crippen LogP contribution is -2.20. The van der Waals surface area contributed by atoms with Gasteiger partial charge in [-0.25, -0.2) is 8.78 Å². The van der Waals surface area contributed by atoms with Crippen LogP contribution in [0, 0.1) is 11.6 Å². The Bertz CT molecular complexity index is 404. The van der Waals surface area contributed by atoms with Crippen LogP contribution >= 0.6 is 15.9 Å². The first-order valence-corrected chi connectivity index (χ1v) is 4.91. The van der Waals surface area contributed by atoms with Crippen molar-refractivity contribution in [3.63, 3.8) is 0 Å². The zero-order valence-electron chi connectivity index (χ0n) is 7.15. The minimum Gasteiger partial charge on any atom is -0.368 e. The Labute approximate surface area is 88.2 Å². The summed E-state index contributed by atoms with van der Waals surface area (Å²) in [7, 11) is 0. The van der Waals surface area contributed by atoms with Crippen molar-refractivity contribution in [3.05, 3.63) is 33.8 Å². The third-order valence-electron chi connectivity index (χ3n) is 1.96. The minimum absolute atomic E-state index is 0.116. The smallest absolute Gasteiger partial charge is 0.173 e. The predicted octanol–water partition coefficient (Wildman–Crippen LogP) is 2.08. The van der Waals surface area contributed by atoms with Crippen molar-refractivity contribution >= 4 is 21.8 Å². The molecule has 2 rings (SSSR count). The summed E-state index contributed by atoms with van der Waals surface area (Å²) in [6, 6.07) is 2.59. The van der Waals surface area contributed by atoms with Gasteiger partial charge in [-0.3, -0.25) is 4.99 Å². The largest absolute Gasteiger partial charge is 0.368 e. The highest BCUT2D eigenvalue weighted by Gasteiger charge is 2.16. The molecule has 0 bridgehead atoms. The molecule has 0 unspecified atom stereocenters. The standard InChI is InChI=1S/C9H7BrF2N2/c10-7-5(9-13-3-4-14-9)1-2-6(11)8(7)12/h1-2H,3-4H2,(H,13,14). The fraction of sp³-hybridized carbons (Fsp3) is 0.222. The van der Waals surface area contributed by atoms with Crippen molar-refractivity contribution in [3.8, 4) is 0 Å². The summed E-state index contributed by atoms with van der Waals surface area (Å²) >= 11 is 3.01. The molecule has 1 N–H and O–H groups in total. The molecule has 0 aliphatic carbocycles. The van der Waals surface area contributed by atoms with Gasteiger partial charge in [0.05, 0.1) is 11.0 Å². The average Bonchev–Trinajstić information content (AvgIpc) is 2.67. The topological polar surface area (TPSA) is 24.4 Å². The van der Waals surface area contributed by atoms with Crippen molar-refractivity contribution in [2.24, 2.45) is 4.99 Å². The van der Waals surface area contributed by atoms with Gasteiger partial charge < -0.3 is 5.32 Å². The van der Waals surface area contributed by atoms with E-state index in [9.17, 15) is 8.78 Å². The van der Waals surface area contributed by atoms with Gasteiger partial charge in [-0.1, -0.05) is 0 Å². The van der Waals surface area contributed by atoms with E-state index in [1.807, 2.05) is 0 Å². The minimum atomic E-state index is -0.876. The lowest BCUT2D eigenvalue weighted by atomic mass is 10.2. The lowest BCUT2D eigenvalue weighted by Gasteiger charge is -2.06. The molecule has 0 aromatic heterocycles. The molecular formula is C9H7BrF2N2. The van der Waals surface area contributed by atoms with Crippen LogP contribution in [0.25, 0.3) is 0 Å². The molecule has 0 saturated heterocycles. The maximum Gasteiger partial charge on any atom is 0.173 e. The number of nitrogens with one attached hydrogen (secondary N) is 1. The van der Waals surface area contributed by atoms with Gasteiger partial charge in [-0.15, -0.1) is 0 Å². The summed E-state index contributed by atoms with van der Waals surface area (Å²) in [5, 5.41) is 2.99. The monoisotopic (exact) mass is 260 g/mol. The number of hydrogen-bond acceptors (Lipinski definition) is 2. The molecule has 0 atom stereocenters. The van der Waals surface area contributed by atoms with Crippen LogP contribution in [0.1, 0.15) is 5.56 Å². The number of hydrogen-bond donors (Lipinski definition) is 1. The van der Waals surface area contributed by atoms with Crippen LogP contribution < -0.4 is 5.32 Å². The van der Waals surface area contributed by atoms with Gasteiger partial charge in [0, 0.05) is 12.1 Å². The van der Waals surface area contributed by atoms with Crippen LogP contribution in [0.15, 0.2) is 21.6 Å². The first-order valence-electron chi connectivity index (χ1n) is 4.12. The first kappa shape index (κ1) is 9.58. The molecule has 1 aromatic carbocycles. The molecule has 1 aliphatic heterocycles. The molecular weight excluding hydrogens is 254 g/mol. The lowest BCUT2D eigenvalue weighted by molar-refractivity contribution is 0.504. The number of nitrogens with zero attached hydrogens (tertiary/aromatic N) is 1. The Balaban J connectivity index is 2.49. The average molecular weight is 261 g/mol.